The molecule has 0 unspecified atom stereocenters. The van der Waals surface area contributed by atoms with Gasteiger partial charge in [0.25, 0.3) is 0 Å². The van der Waals surface area contributed by atoms with Gasteiger partial charge in [0, 0.05) is 5.54 Å². The Bertz CT molecular complexity index is 396. The first-order valence-electron chi connectivity index (χ1n) is 5.85. The van der Waals surface area contributed by atoms with Crippen molar-refractivity contribution in [3.05, 3.63) is 35.6 Å². The van der Waals surface area contributed by atoms with Crippen LogP contribution < -0.4 is 5.32 Å². The van der Waals surface area contributed by atoms with Crippen molar-refractivity contribution in [1.29, 1.82) is 0 Å². The van der Waals surface area contributed by atoms with Gasteiger partial charge in [-0.15, -0.1) is 0 Å². The molecule has 0 aliphatic heterocycles. The van der Waals surface area contributed by atoms with Crippen LogP contribution in [0.1, 0.15) is 31.2 Å². The molecule has 0 spiro atoms. The van der Waals surface area contributed by atoms with E-state index in [0.717, 1.165) is 31.2 Å². The van der Waals surface area contributed by atoms with Crippen LogP contribution in [0.3, 0.4) is 0 Å². The summed E-state index contributed by atoms with van der Waals surface area (Å²) >= 11 is 0. The summed E-state index contributed by atoms with van der Waals surface area (Å²) in [5, 5.41) is 11.9. The molecule has 1 aliphatic rings. The van der Waals surface area contributed by atoms with Crippen LogP contribution in [0, 0.1) is 5.82 Å². The van der Waals surface area contributed by atoms with Gasteiger partial charge in [0.2, 0.25) is 0 Å². The van der Waals surface area contributed by atoms with Crippen LogP contribution in [0.5, 0.6) is 0 Å². The van der Waals surface area contributed by atoms with Gasteiger partial charge in [-0.05, 0) is 30.5 Å². The molecule has 4 heteroatoms. The van der Waals surface area contributed by atoms with E-state index in [2.05, 4.69) is 5.32 Å². The highest BCUT2D eigenvalue weighted by Gasteiger charge is 2.35. The van der Waals surface area contributed by atoms with E-state index in [1.165, 1.54) is 12.1 Å². The highest BCUT2D eigenvalue weighted by molar-refractivity contribution is 5.69. The average molecular weight is 237 g/mol. The molecule has 0 aromatic heterocycles. The lowest BCUT2D eigenvalue weighted by atomic mass is 9.88. The zero-order valence-electron chi connectivity index (χ0n) is 9.58. The van der Waals surface area contributed by atoms with E-state index < -0.39 is 5.97 Å². The van der Waals surface area contributed by atoms with Crippen LogP contribution in [0.2, 0.25) is 0 Å². The molecule has 0 heterocycles. The van der Waals surface area contributed by atoms with Crippen molar-refractivity contribution >= 4 is 5.97 Å². The van der Waals surface area contributed by atoms with Gasteiger partial charge < -0.3 is 5.11 Å². The molecule has 92 valence electrons. The number of benzene rings is 1. The third-order valence-corrected chi connectivity index (χ3v) is 3.43. The molecule has 0 bridgehead atoms. The van der Waals surface area contributed by atoms with Gasteiger partial charge in [-0.25, -0.2) is 4.39 Å². The fraction of sp³-hybridized carbons (Fsp3) is 0.462. The lowest BCUT2D eigenvalue weighted by molar-refractivity contribution is -0.136. The number of rotatable bonds is 4. The van der Waals surface area contributed by atoms with Crippen molar-refractivity contribution in [2.24, 2.45) is 0 Å². The number of halogens is 1. The molecular formula is C13H16FNO2. The van der Waals surface area contributed by atoms with Gasteiger partial charge >= 0.3 is 5.97 Å². The first kappa shape index (κ1) is 12.0. The Morgan fingerprint density at radius 3 is 2.41 bits per heavy atom. The Labute approximate surface area is 99.7 Å². The normalized spacial score (nSPS) is 18.2. The highest BCUT2D eigenvalue weighted by atomic mass is 19.1. The van der Waals surface area contributed by atoms with Crippen molar-refractivity contribution in [1.82, 2.24) is 5.32 Å². The molecule has 1 aliphatic carbocycles. The topological polar surface area (TPSA) is 49.3 Å². The molecule has 17 heavy (non-hydrogen) atoms. The summed E-state index contributed by atoms with van der Waals surface area (Å²) in [5.41, 5.74) is 0.698. The van der Waals surface area contributed by atoms with Crippen LogP contribution in [0.25, 0.3) is 0 Å². The number of aliphatic carboxylic acids is 1. The van der Waals surface area contributed by atoms with E-state index in [1.807, 2.05) is 0 Å². The monoisotopic (exact) mass is 237 g/mol. The van der Waals surface area contributed by atoms with Crippen LogP contribution in [-0.4, -0.2) is 17.6 Å². The second-order valence-electron chi connectivity index (χ2n) is 4.54. The second kappa shape index (κ2) is 4.84. The molecule has 1 fully saturated rings. The molecule has 0 amide bonds. The summed E-state index contributed by atoms with van der Waals surface area (Å²) in [6.45, 7) is -0.0582. The van der Waals surface area contributed by atoms with Crippen molar-refractivity contribution in [2.75, 3.05) is 6.54 Å². The number of nitrogens with one attached hydrogen (secondary N) is 1. The molecule has 1 aromatic carbocycles. The predicted molar refractivity (Wildman–Crippen MR) is 62.2 cm³/mol. The fourth-order valence-corrected chi connectivity index (χ4v) is 2.56. The van der Waals surface area contributed by atoms with E-state index in [9.17, 15) is 9.18 Å². The Morgan fingerprint density at radius 2 is 1.88 bits per heavy atom. The average Bonchev–Trinajstić information content (AvgIpc) is 2.77. The van der Waals surface area contributed by atoms with Gasteiger partial charge in [0.05, 0.1) is 6.54 Å². The van der Waals surface area contributed by atoms with Gasteiger partial charge in [-0.2, -0.15) is 0 Å². The quantitative estimate of drug-likeness (QED) is 0.844. The molecule has 0 saturated heterocycles. The third kappa shape index (κ3) is 2.64. The van der Waals surface area contributed by atoms with E-state index in [-0.39, 0.29) is 17.9 Å². The summed E-state index contributed by atoms with van der Waals surface area (Å²) < 4.78 is 12.9. The summed E-state index contributed by atoms with van der Waals surface area (Å²) in [4.78, 5) is 10.7. The smallest absolute Gasteiger partial charge is 0.317 e. The van der Waals surface area contributed by atoms with Gasteiger partial charge in [-0.3, -0.25) is 10.1 Å². The minimum absolute atomic E-state index is 0.0582. The van der Waals surface area contributed by atoms with E-state index >= 15 is 0 Å². The maximum absolute atomic E-state index is 12.9. The van der Waals surface area contributed by atoms with E-state index in [4.69, 9.17) is 5.11 Å². The Balaban J connectivity index is 2.21. The third-order valence-electron chi connectivity index (χ3n) is 3.43. The maximum atomic E-state index is 12.9. The summed E-state index contributed by atoms with van der Waals surface area (Å²) in [7, 11) is 0. The number of carbonyl (C=O) groups is 1. The van der Waals surface area contributed by atoms with Gasteiger partial charge in [-0.1, -0.05) is 25.0 Å². The second-order valence-corrected chi connectivity index (χ2v) is 4.54. The maximum Gasteiger partial charge on any atom is 0.317 e. The minimum Gasteiger partial charge on any atom is -0.480 e. The molecule has 2 rings (SSSR count). The zero-order valence-corrected chi connectivity index (χ0v) is 9.58. The molecule has 0 radical (unpaired) electrons. The number of hydrogen-bond donors (Lipinski definition) is 2. The molecule has 2 N–H and O–H groups in total. The predicted octanol–water partition coefficient (Wildman–Crippen LogP) is 2.27. The van der Waals surface area contributed by atoms with Crippen LogP contribution >= 0.6 is 0 Å². The summed E-state index contributed by atoms with van der Waals surface area (Å²) in [6, 6.07) is 6.35. The number of hydrogen-bond acceptors (Lipinski definition) is 2. The van der Waals surface area contributed by atoms with Crippen LogP contribution in [0.4, 0.5) is 4.39 Å². The number of carboxylic acid groups (broad SMARTS) is 1. The Kier molecular flexibility index (Phi) is 3.43. The van der Waals surface area contributed by atoms with Crippen molar-refractivity contribution in [2.45, 2.75) is 31.2 Å². The summed E-state index contributed by atoms with van der Waals surface area (Å²) in [6.07, 6.45) is 3.96. The standard InChI is InChI=1S/C13H16FNO2/c14-11-5-3-10(4-6-11)13(7-1-2-8-13)15-9-12(16)17/h3-6,15H,1-2,7-9H2,(H,16,17). The summed E-state index contributed by atoms with van der Waals surface area (Å²) in [5.74, 6) is -1.13. The van der Waals surface area contributed by atoms with Gasteiger partial charge in [0.15, 0.2) is 0 Å². The lowest BCUT2D eigenvalue weighted by Gasteiger charge is -2.30. The molecule has 0 atom stereocenters. The van der Waals surface area contributed by atoms with Crippen LogP contribution in [-0.2, 0) is 10.3 Å². The largest absolute Gasteiger partial charge is 0.480 e. The number of carboxylic acids is 1. The molecule has 3 nitrogen and oxygen atoms in total. The first-order chi connectivity index (χ1) is 8.12. The molecule has 1 aromatic rings. The SMILES string of the molecule is O=C(O)CNC1(c2ccc(F)cc2)CCCC1. The van der Waals surface area contributed by atoms with E-state index in [1.54, 1.807) is 12.1 Å². The minimum atomic E-state index is -0.863. The van der Waals surface area contributed by atoms with Crippen molar-refractivity contribution in [3.63, 3.8) is 0 Å². The van der Waals surface area contributed by atoms with Crippen LogP contribution in [0.15, 0.2) is 24.3 Å². The van der Waals surface area contributed by atoms with Crippen molar-refractivity contribution in [3.8, 4) is 0 Å². The van der Waals surface area contributed by atoms with E-state index in [0.29, 0.717) is 0 Å². The molecular weight excluding hydrogens is 221 g/mol. The highest BCUT2D eigenvalue weighted by Crippen LogP contribution is 2.38. The zero-order chi connectivity index (χ0) is 12.3. The van der Waals surface area contributed by atoms with Gasteiger partial charge in [0.1, 0.15) is 5.82 Å². The first-order valence-corrected chi connectivity index (χ1v) is 5.85. The molecule has 1 saturated carbocycles. The fourth-order valence-electron chi connectivity index (χ4n) is 2.56. The van der Waals surface area contributed by atoms with Crippen molar-refractivity contribution < 1.29 is 14.3 Å². The lowest BCUT2D eigenvalue weighted by Crippen LogP contribution is -2.42. The Hall–Kier alpha value is -1.42. The Morgan fingerprint density at radius 1 is 1.29 bits per heavy atom.